The minimum absolute atomic E-state index is 0.00639. The van der Waals surface area contributed by atoms with Crippen LogP contribution in [0.25, 0.3) is 5.78 Å². The second kappa shape index (κ2) is 7.20. The van der Waals surface area contributed by atoms with E-state index in [1.54, 1.807) is 36.5 Å². The van der Waals surface area contributed by atoms with Gasteiger partial charge in [0.05, 0.1) is 0 Å². The summed E-state index contributed by atoms with van der Waals surface area (Å²) < 4.78 is 30.8. The Kier molecular flexibility index (Phi) is 4.82. The number of halogens is 2. The van der Waals surface area contributed by atoms with Gasteiger partial charge in [-0.2, -0.15) is 4.98 Å². The molecule has 2 aromatic heterocycles. The summed E-state index contributed by atoms with van der Waals surface area (Å²) in [6.07, 6.45) is -0.951. The highest BCUT2D eigenvalue weighted by atomic mass is 19.3. The van der Waals surface area contributed by atoms with Crippen LogP contribution in [-0.2, 0) is 6.54 Å². The van der Waals surface area contributed by atoms with Crippen molar-refractivity contribution in [3.63, 3.8) is 0 Å². The molecule has 0 bridgehead atoms. The molecule has 0 saturated heterocycles. The molecule has 3 aromatic rings. The number of benzene rings is 1. The van der Waals surface area contributed by atoms with E-state index in [0.717, 1.165) is 5.69 Å². The molecule has 9 heteroatoms. The standard InChI is InChI=1S/C16H15F2N5O2/c1-10-5-6-19-16-21-14(22-23(10)16)15(24)20-8-11-3-2-4-12(7-11)25-9-13(17)18/h2-7,13H,8-9H2,1H3,(H,20,24). The third-order valence-electron chi connectivity index (χ3n) is 3.36. The predicted molar refractivity (Wildman–Crippen MR) is 84.6 cm³/mol. The highest BCUT2D eigenvalue weighted by molar-refractivity contribution is 5.90. The molecule has 0 unspecified atom stereocenters. The Morgan fingerprint density at radius 1 is 1.36 bits per heavy atom. The van der Waals surface area contributed by atoms with Gasteiger partial charge in [-0.25, -0.2) is 18.3 Å². The van der Waals surface area contributed by atoms with Crippen LogP contribution in [0, 0.1) is 6.92 Å². The SMILES string of the molecule is Cc1ccnc2nc(C(=O)NCc3cccc(OCC(F)F)c3)nn12. The summed E-state index contributed by atoms with van der Waals surface area (Å²) in [6.45, 7) is 1.34. The number of alkyl halides is 2. The van der Waals surface area contributed by atoms with E-state index in [2.05, 4.69) is 20.4 Å². The van der Waals surface area contributed by atoms with Crippen LogP contribution in [0.3, 0.4) is 0 Å². The zero-order valence-corrected chi connectivity index (χ0v) is 13.3. The van der Waals surface area contributed by atoms with E-state index in [9.17, 15) is 13.6 Å². The maximum atomic E-state index is 12.2. The number of nitrogens with one attached hydrogen (secondary N) is 1. The van der Waals surface area contributed by atoms with Gasteiger partial charge in [-0.05, 0) is 30.7 Å². The average molecular weight is 347 g/mol. The van der Waals surface area contributed by atoms with Crippen LogP contribution in [0.15, 0.2) is 36.5 Å². The largest absolute Gasteiger partial charge is 0.488 e. The number of carbonyl (C=O) groups excluding carboxylic acids is 1. The summed E-state index contributed by atoms with van der Waals surface area (Å²) in [5.41, 5.74) is 1.51. The Morgan fingerprint density at radius 3 is 2.96 bits per heavy atom. The van der Waals surface area contributed by atoms with Gasteiger partial charge in [0.15, 0.2) is 0 Å². The summed E-state index contributed by atoms with van der Waals surface area (Å²) >= 11 is 0. The highest BCUT2D eigenvalue weighted by Crippen LogP contribution is 2.14. The molecule has 1 N–H and O–H groups in total. The Bertz CT molecular complexity index is 897. The van der Waals surface area contributed by atoms with Crippen LogP contribution < -0.4 is 10.1 Å². The number of hydrogen-bond donors (Lipinski definition) is 1. The predicted octanol–water partition coefficient (Wildman–Crippen LogP) is 2.01. The first kappa shape index (κ1) is 16.7. The molecule has 3 rings (SSSR count). The monoisotopic (exact) mass is 347 g/mol. The van der Waals surface area contributed by atoms with Gasteiger partial charge in [0.2, 0.25) is 5.82 Å². The molecule has 0 saturated carbocycles. The van der Waals surface area contributed by atoms with Gasteiger partial charge < -0.3 is 10.1 Å². The molecule has 7 nitrogen and oxygen atoms in total. The molecular formula is C16H15F2N5O2. The lowest BCUT2D eigenvalue weighted by molar-refractivity contribution is 0.0818. The quantitative estimate of drug-likeness (QED) is 0.738. The first-order valence-electron chi connectivity index (χ1n) is 7.49. The third kappa shape index (κ3) is 4.06. The van der Waals surface area contributed by atoms with Gasteiger partial charge in [0.1, 0.15) is 12.4 Å². The number of rotatable bonds is 6. The van der Waals surface area contributed by atoms with Gasteiger partial charge in [-0.3, -0.25) is 4.79 Å². The first-order chi connectivity index (χ1) is 12.0. The van der Waals surface area contributed by atoms with Crippen molar-refractivity contribution in [2.75, 3.05) is 6.61 Å². The Hall–Kier alpha value is -3.10. The number of ether oxygens (including phenoxy) is 1. The van der Waals surface area contributed by atoms with Crippen LogP contribution in [0.1, 0.15) is 21.9 Å². The summed E-state index contributed by atoms with van der Waals surface area (Å²) in [5, 5.41) is 6.79. The molecule has 0 aliphatic carbocycles. The van der Waals surface area contributed by atoms with Crippen LogP contribution in [0.2, 0.25) is 0 Å². The lowest BCUT2D eigenvalue weighted by Crippen LogP contribution is -2.24. The minimum Gasteiger partial charge on any atom is -0.488 e. The molecule has 0 fully saturated rings. The number of nitrogens with zero attached hydrogens (tertiary/aromatic N) is 4. The molecule has 0 atom stereocenters. The van der Waals surface area contributed by atoms with E-state index >= 15 is 0 Å². The van der Waals surface area contributed by atoms with Crippen molar-refractivity contribution >= 4 is 11.7 Å². The second-order valence-electron chi connectivity index (χ2n) is 5.27. The van der Waals surface area contributed by atoms with Crippen LogP contribution in [0.4, 0.5) is 8.78 Å². The first-order valence-corrected chi connectivity index (χ1v) is 7.49. The molecule has 1 amide bonds. The number of amides is 1. The lowest BCUT2D eigenvalue weighted by Gasteiger charge is -2.08. The summed E-state index contributed by atoms with van der Waals surface area (Å²) in [7, 11) is 0. The van der Waals surface area contributed by atoms with E-state index in [1.165, 1.54) is 4.52 Å². The lowest BCUT2D eigenvalue weighted by atomic mass is 10.2. The van der Waals surface area contributed by atoms with Gasteiger partial charge >= 0.3 is 0 Å². The molecule has 25 heavy (non-hydrogen) atoms. The molecule has 2 heterocycles. The second-order valence-corrected chi connectivity index (χ2v) is 5.27. The molecule has 0 spiro atoms. The topological polar surface area (TPSA) is 81.4 Å². The van der Waals surface area contributed by atoms with Crippen molar-refractivity contribution in [3.05, 3.63) is 53.6 Å². The van der Waals surface area contributed by atoms with Crippen molar-refractivity contribution in [1.82, 2.24) is 24.9 Å². The normalized spacial score (nSPS) is 11.0. The fourth-order valence-corrected chi connectivity index (χ4v) is 2.17. The van der Waals surface area contributed by atoms with E-state index in [0.29, 0.717) is 17.1 Å². The number of aromatic nitrogens is 4. The van der Waals surface area contributed by atoms with Crippen molar-refractivity contribution in [2.24, 2.45) is 0 Å². The van der Waals surface area contributed by atoms with Crippen LogP contribution in [-0.4, -0.2) is 38.5 Å². The smallest absolute Gasteiger partial charge is 0.291 e. The van der Waals surface area contributed by atoms with Crippen LogP contribution in [0.5, 0.6) is 5.75 Å². The Balaban J connectivity index is 1.65. The maximum absolute atomic E-state index is 12.2. The number of hydrogen-bond acceptors (Lipinski definition) is 5. The molecule has 130 valence electrons. The third-order valence-corrected chi connectivity index (χ3v) is 3.36. The molecule has 0 aliphatic rings. The van der Waals surface area contributed by atoms with Gasteiger partial charge in [0.25, 0.3) is 18.1 Å². The fourth-order valence-electron chi connectivity index (χ4n) is 2.17. The van der Waals surface area contributed by atoms with E-state index < -0.39 is 18.9 Å². The fraction of sp³-hybridized carbons (Fsp3) is 0.250. The van der Waals surface area contributed by atoms with Crippen molar-refractivity contribution in [2.45, 2.75) is 19.9 Å². The summed E-state index contributed by atoms with van der Waals surface area (Å²) in [6, 6.07) is 8.34. The minimum atomic E-state index is -2.54. The van der Waals surface area contributed by atoms with E-state index in [-0.39, 0.29) is 12.4 Å². The van der Waals surface area contributed by atoms with Crippen LogP contribution >= 0.6 is 0 Å². The van der Waals surface area contributed by atoms with Gasteiger partial charge in [-0.1, -0.05) is 12.1 Å². The van der Waals surface area contributed by atoms with Gasteiger partial charge in [0, 0.05) is 18.4 Å². The summed E-state index contributed by atoms with van der Waals surface area (Å²) in [4.78, 5) is 20.3. The van der Waals surface area contributed by atoms with E-state index in [4.69, 9.17) is 4.74 Å². The number of fused-ring (bicyclic) bond motifs is 1. The molecule has 0 aliphatic heterocycles. The highest BCUT2D eigenvalue weighted by Gasteiger charge is 2.14. The number of aryl methyl sites for hydroxylation is 1. The zero-order chi connectivity index (χ0) is 17.8. The molecule has 0 radical (unpaired) electrons. The van der Waals surface area contributed by atoms with Crippen molar-refractivity contribution in [1.29, 1.82) is 0 Å². The van der Waals surface area contributed by atoms with E-state index in [1.807, 2.05) is 6.92 Å². The zero-order valence-electron chi connectivity index (χ0n) is 13.3. The maximum Gasteiger partial charge on any atom is 0.291 e. The van der Waals surface area contributed by atoms with Crippen molar-refractivity contribution in [3.8, 4) is 5.75 Å². The average Bonchev–Trinajstić information content (AvgIpc) is 3.04. The van der Waals surface area contributed by atoms with Crippen molar-refractivity contribution < 1.29 is 18.3 Å². The van der Waals surface area contributed by atoms with Gasteiger partial charge in [-0.15, -0.1) is 5.10 Å². The molecule has 1 aromatic carbocycles. The number of carbonyl (C=O) groups is 1. The summed E-state index contributed by atoms with van der Waals surface area (Å²) in [5.74, 6) is 0.209. The Morgan fingerprint density at radius 2 is 2.20 bits per heavy atom. The Labute approximate surface area is 141 Å². The molecular weight excluding hydrogens is 332 g/mol.